The summed E-state index contributed by atoms with van der Waals surface area (Å²) in [6, 6.07) is 3.37. The first-order valence-corrected chi connectivity index (χ1v) is 7.79. The van der Waals surface area contributed by atoms with Crippen molar-refractivity contribution >= 4 is 34.9 Å². The van der Waals surface area contributed by atoms with E-state index in [1.54, 1.807) is 12.1 Å². The fourth-order valence-electron chi connectivity index (χ4n) is 2.03. The number of carbonyl (C=O) groups excluding carboxylic acids is 1. The first-order valence-electron chi connectivity index (χ1n) is 6.15. The highest BCUT2D eigenvalue weighted by Gasteiger charge is 2.36. The molecular formula is C13H17N3OS2. The molecule has 1 fully saturated rings. The maximum Gasteiger partial charge on any atom is 0.269 e. The van der Waals surface area contributed by atoms with Gasteiger partial charge in [0.05, 0.1) is 0 Å². The van der Waals surface area contributed by atoms with Crippen LogP contribution in [0.4, 0.5) is 0 Å². The zero-order chi connectivity index (χ0) is 13.9. The molecule has 1 aromatic rings. The normalized spacial score (nSPS) is 16.5. The summed E-state index contributed by atoms with van der Waals surface area (Å²) in [5.41, 5.74) is 6.56. The van der Waals surface area contributed by atoms with E-state index in [1.807, 2.05) is 11.8 Å². The molecular weight excluding hydrogens is 278 g/mol. The van der Waals surface area contributed by atoms with Gasteiger partial charge in [0, 0.05) is 23.1 Å². The Bertz CT molecular complexity index is 478. The maximum atomic E-state index is 12.0. The lowest BCUT2D eigenvalue weighted by molar-refractivity contribution is 0.0939. The lowest BCUT2D eigenvalue weighted by Crippen LogP contribution is -2.45. The van der Waals surface area contributed by atoms with Crippen molar-refractivity contribution in [1.29, 1.82) is 0 Å². The molecule has 0 saturated heterocycles. The number of nitrogens with one attached hydrogen (secondary N) is 1. The third kappa shape index (κ3) is 3.25. The average molecular weight is 295 g/mol. The molecule has 0 aliphatic heterocycles. The van der Waals surface area contributed by atoms with Gasteiger partial charge in [-0.15, -0.1) is 0 Å². The molecule has 0 unspecified atom stereocenters. The van der Waals surface area contributed by atoms with E-state index in [1.165, 1.54) is 25.5 Å². The van der Waals surface area contributed by atoms with Crippen LogP contribution in [0, 0.1) is 0 Å². The molecule has 2 rings (SSSR count). The molecule has 1 aliphatic carbocycles. The number of nitrogens with zero attached hydrogens (tertiary/aromatic N) is 1. The first kappa shape index (κ1) is 14.3. The molecule has 6 heteroatoms. The van der Waals surface area contributed by atoms with E-state index in [0.717, 1.165) is 0 Å². The van der Waals surface area contributed by atoms with Crippen molar-refractivity contribution in [2.75, 3.05) is 12.8 Å². The first-order chi connectivity index (χ1) is 9.06. The number of thiocarbonyl (C=S) groups is 1. The van der Waals surface area contributed by atoms with Crippen molar-refractivity contribution in [2.45, 2.75) is 24.0 Å². The van der Waals surface area contributed by atoms with E-state index in [4.69, 9.17) is 18.0 Å². The summed E-state index contributed by atoms with van der Waals surface area (Å²) < 4.78 is 0.231. The van der Waals surface area contributed by atoms with Gasteiger partial charge in [0.1, 0.15) is 10.7 Å². The Morgan fingerprint density at radius 3 is 2.74 bits per heavy atom. The van der Waals surface area contributed by atoms with E-state index >= 15 is 0 Å². The number of thioether (sulfide) groups is 1. The van der Waals surface area contributed by atoms with Crippen molar-refractivity contribution < 1.29 is 4.79 Å². The summed E-state index contributed by atoms with van der Waals surface area (Å²) in [7, 11) is 0. The molecule has 1 aliphatic rings. The van der Waals surface area contributed by atoms with Crippen molar-refractivity contribution in [3.05, 3.63) is 29.6 Å². The summed E-state index contributed by atoms with van der Waals surface area (Å²) in [5.74, 6) is -0.144. The number of aromatic nitrogens is 1. The summed E-state index contributed by atoms with van der Waals surface area (Å²) in [4.78, 5) is 16.4. The minimum absolute atomic E-state index is 0.144. The third-order valence-electron chi connectivity index (χ3n) is 3.55. The quantitative estimate of drug-likeness (QED) is 0.810. The largest absolute Gasteiger partial charge is 0.389 e. The van der Waals surface area contributed by atoms with Crippen molar-refractivity contribution in [2.24, 2.45) is 5.73 Å². The number of carbonyl (C=O) groups is 1. The predicted molar refractivity (Wildman–Crippen MR) is 82.6 cm³/mol. The number of rotatable bonds is 5. The molecule has 1 aromatic heterocycles. The Kier molecular flexibility index (Phi) is 4.42. The molecule has 1 heterocycles. The van der Waals surface area contributed by atoms with Crippen LogP contribution in [0.25, 0.3) is 0 Å². The number of hydrogen-bond donors (Lipinski definition) is 2. The lowest BCUT2D eigenvalue weighted by Gasteiger charge is -2.40. The standard InChI is InChI=1S/C13H17N3OS2/c1-19-13(5-2-6-13)8-16-12(17)10-4-3-9(7-15-10)11(14)18/h3-4,7H,2,5-6,8H2,1H3,(H2,14,18)(H,16,17). The summed E-state index contributed by atoms with van der Waals surface area (Å²) in [5, 5.41) is 2.95. The Morgan fingerprint density at radius 1 is 1.58 bits per heavy atom. The predicted octanol–water partition coefficient (Wildman–Crippen LogP) is 1.73. The fraction of sp³-hybridized carbons (Fsp3) is 0.462. The van der Waals surface area contributed by atoms with Crippen LogP contribution in [0.5, 0.6) is 0 Å². The van der Waals surface area contributed by atoms with Crippen LogP contribution in [0.1, 0.15) is 35.3 Å². The Morgan fingerprint density at radius 2 is 2.32 bits per heavy atom. The van der Waals surface area contributed by atoms with Gasteiger partial charge in [0.2, 0.25) is 0 Å². The van der Waals surface area contributed by atoms with Crippen LogP contribution in [-0.4, -0.2) is 33.4 Å². The van der Waals surface area contributed by atoms with Crippen molar-refractivity contribution in [1.82, 2.24) is 10.3 Å². The summed E-state index contributed by atoms with van der Waals surface area (Å²) in [6.45, 7) is 0.700. The molecule has 0 radical (unpaired) electrons. The zero-order valence-corrected chi connectivity index (χ0v) is 12.4. The number of hydrogen-bond acceptors (Lipinski definition) is 4. The highest BCUT2D eigenvalue weighted by molar-refractivity contribution is 8.00. The average Bonchev–Trinajstić information content (AvgIpc) is 2.38. The van der Waals surface area contributed by atoms with Gasteiger partial charge in [0.15, 0.2) is 0 Å². The maximum absolute atomic E-state index is 12.0. The Hall–Kier alpha value is -1.14. The van der Waals surface area contributed by atoms with Crippen LogP contribution in [-0.2, 0) is 0 Å². The molecule has 3 N–H and O–H groups in total. The topological polar surface area (TPSA) is 68.0 Å². The number of nitrogens with two attached hydrogens (primary N) is 1. The monoisotopic (exact) mass is 295 g/mol. The van der Waals surface area contributed by atoms with Gasteiger partial charge in [-0.3, -0.25) is 9.78 Å². The minimum Gasteiger partial charge on any atom is -0.389 e. The van der Waals surface area contributed by atoms with Gasteiger partial charge in [0.25, 0.3) is 5.91 Å². The van der Waals surface area contributed by atoms with E-state index in [-0.39, 0.29) is 15.6 Å². The molecule has 0 spiro atoms. The summed E-state index contributed by atoms with van der Waals surface area (Å²) >= 11 is 6.68. The van der Waals surface area contributed by atoms with Crippen LogP contribution >= 0.6 is 24.0 Å². The van der Waals surface area contributed by atoms with Crippen LogP contribution in [0.15, 0.2) is 18.3 Å². The van der Waals surface area contributed by atoms with Gasteiger partial charge in [-0.2, -0.15) is 11.8 Å². The third-order valence-corrected chi connectivity index (χ3v) is 5.20. The SMILES string of the molecule is CSC1(CNC(=O)c2ccc(C(N)=S)cn2)CCC1. The highest BCUT2D eigenvalue weighted by Crippen LogP contribution is 2.42. The lowest BCUT2D eigenvalue weighted by atomic mass is 9.84. The molecule has 1 amide bonds. The smallest absolute Gasteiger partial charge is 0.269 e. The van der Waals surface area contributed by atoms with E-state index in [2.05, 4.69) is 16.6 Å². The zero-order valence-electron chi connectivity index (χ0n) is 10.8. The van der Waals surface area contributed by atoms with E-state index < -0.39 is 0 Å². The van der Waals surface area contributed by atoms with Gasteiger partial charge in [-0.25, -0.2) is 0 Å². The molecule has 0 aromatic carbocycles. The van der Waals surface area contributed by atoms with Gasteiger partial charge < -0.3 is 11.1 Å². The highest BCUT2D eigenvalue weighted by atomic mass is 32.2. The summed E-state index contributed by atoms with van der Waals surface area (Å²) in [6.07, 6.45) is 7.22. The molecule has 102 valence electrons. The van der Waals surface area contributed by atoms with E-state index in [9.17, 15) is 4.79 Å². The number of pyridine rings is 1. The van der Waals surface area contributed by atoms with Crippen LogP contribution in [0.2, 0.25) is 0 Å². The van der Waals surface area contributed by atoms with E-state index in [0.29, 0.717) is 17.8 Å². The van der Waals surface area contributed by atoms with Gasteiger partial charge in [-0.05, 0) is 31.2 Å². The minimum atomic E-state index is -0.144. The second-order valence-electron chi connectivity index (χ2n) is 4.72. The molecule has 1 saturated carbocycles. The Balaban J connectivity index is 1.94. The molecule has 0 atom stereocenters. The van der Waals surface area contributed by atoms with Gasteiger partial charge in [-0.1, -0.05) is 18.6 Å². The van der Waals surface area contributed by atoms with Crippen molar-refractivity contribution in [3.63, 3.8) is 0 Å². The Labute approximate surface area is 122 Å². The van der Waals surface area contributed by atoms with Crippen molar-refractivity contribution in [3.8, 4) is 0 Å². The molecule has 4 nitrogen and oxygen atoms in total. The second kappa shape index (κ2) is 5.88. The van der Waals surface area contributed by atoms with Crippen LogP contribution < -0.4 is 11.1 Å². The molecule has 19 heavy (non-hydrogen) atoms. The number of amides is 1. The second-order valence-corrected chi connectivity index (χ2v) is 6.43. The molecule has 0 bridgehead atoms. The van der Waals surface area contributed by atoms with Gasteiger partial charge >= 0.3 is 0 Å². The van der Waals surface area contributed by atoms with Crippen LogP contribution in [0.3, 0.4) is 0 Å². The fourth-order valence-corrected chi connectivity index (χ4v) is 3.06.